The molecule has 140 valence electrons. The SMILES string of the molecule is CC[C@@H](C)NC(=O)NC(=O)COC(=O)C[C@H]1Sc2ccccc2NC1=O. The average Bonchev–Trinajstić information content (AvgIpc) is 2.60. The fourth-order valence-electron chi connectivity index (χ4n) is 2.11. The summed E-state index contributed by atoms with van der Waals surface area (Å²) >= 11 is 1.27. The summed E-state index contributed by atoms with van der Waals surface area (Å²) in [4.78, 5) is 47.9. The van der Waals surface area contributed by atoms with Crippen LogP contribution in [0.15, 0.2) is 29.2 Å². The number of rotatable bonds is 6. The summed E-state index contributed by atoms with van der Waals surface area (Å²) in [6, 6.07) is 6.57. The van der Waals surface area contributed by atoms with E-state index in [9.17, 15) is 19.2 Å². The Morgan fingerprint density at radius 3 is 2.77 bits per heavy atom. The molecule has 0 saturated heterocycles. The van der Waals surface area contributed by atoms with Crippen molar-refractivity contribution >= 4 is 41.3 Å². The van der Waals surface area contributed by atoms with E-state index in [0.29, 0.717) is 5.69 Å². The monoisotopic (exact) mass is 379 g/mol. The molecule has 0 radical (unpaired) electrons. The van der Waals surface area contributed by atoms with Gasteiger partial charge in [0, 0.05) is 10.9 Å². The van der Waals surface area contributed by atoms with Crippen molar-refractivity contribution in [2.75, 3.05) is 11.9 Å². The fraction of sp³-hybridized carbons (Fsp3) is 0.412. The Morgan fingerprint density at radius 2 is 2.04 bits per heavy atom. The van der Waals surface area contributed by atoms with E-state index in [0.717, 1.165) is 11.3 Å². The lowest BCUT2D eigenvalue weighted by Crippen LogP contribution is -2.44. The summed E-state index contributed by atoms with van der Waals surface area (Å²) in [6.45, 7) is 3.11. The van der Waals surface area contributed by atoms with Crippen LogP contribution in [0.4, 0.5) is 10.5 Å². The highest BCUT2D eigenvalue weighted by Gasteiger charge is 2.29. The van der Waals surface area contributed by atoms with Crippen LogP contribution in [-0.4, -0.2) is 41.7 Å². The van der Waals surface area contributed by atoms with Crippen molar-refractivity contribution in [2.24, 2.45) is 0 Å². The molecule has 0 fully saturated rings. The van der Waals surface area contributed by atoms with Crippen LogP contribution in [0.25, 0.3) is 0 Å². The molecular weight excluding hydrogens is 358 g/mol. The average molecular weight is 379 g/mol. The van der Waals surface area contributed by atoms with Gasteiger partial charge < -0.3 is 15.4 Å². The van der Waals surface area contributed by atoms with Gasteiger partial charge in [-0.3, -0.25) is 19.7 Å². The van der Waals surface area contributed by atoms with Gasteiger partial charge >= 0.3 is 12.0 Å². The van der Waals surface area contributed by atoms with Gasteiger partial charge in [-0.25, -0.2) is 4.79 Å². The van der Waals surface area contributed by atoms with Gasteiger partial charge in [0.2, 0.25) is 5.91 Å². The van der Waals surface area contributed by atoms with Crippen molar-refractivity contribution in [1.29, 1.82) is 0 Å². The first-order valence-electron chi connectivity index (χ1n) is 8.21. The summed E-state index contributed by atoms with van der Waals surface area (Å²) in [6.07, 6.45) is 0.554. The van der Waals surface area contributed by atoms with Crippen molar-refractivity contribution in [3.05, 3.63) is 24.3 Å². The number of imide groups is 1. The first-order chi connectivity index (χ1) is 12.4. The number of fused-ring (bicyclic) bond motifs is 1. The van der Waals surface area contributed by atoms with Crippen LogP contribution >= 0.6 is 11.8 Å². The number of nitrogens with one attached hydrogen (secondary N) is 3. The number of para-hydroxylation sites is 1. The van der Waals surface area contributed by atoms with E-state index < -0.39 is 29.8 Å². The Morgan fingerprint density at radius 1 is 1.31 bits per heavy atom. The second-order valence-corrected chi connectivity index (χ2v) is 7.03. The number of hydrogen-bond donors (Lipinski definition) is 3. The molecule has 0 unspecified atom stereocenters. The number of benzene rings is 1. The number of thioether (sulfide) groups is 1. The lowest BCUT2D eigenvalue weighted by atomic mass is 10.2. The van der Waals surface area contributed by atoms with Gasteiger partial charge in [-0.1, -0.05) is 19.1 Å². The quantitative estimate of drug-likeness (QED) is 0.648. The number of esters is 1. The standard InChI is InChI=1S/C17H21N3O5S/c1-3-10(2)18-17(24)20-14(21)9-25-15(22)8-13-16(23)19-11-6-4-5-7-12(11)26-13/h4-7,10,13H,3,8-9H2,1-2H3,(H,19,23)(H2,18,20,21,24)/t10-,13-/m1/s1. The van der Waals surface area contributed by atoms with Crippen molar-refractivity contribution < 1.29 is 23.9 Å². The topological polar surface area (TPSA) is 114 Å². The molecule has 4 amide bonds. The predicted octanol–water partition coefficient (Wildman–Crippen LogP) is 1.66. The summed E-state index contributed by atoms with van der Waals surface area (Å²) in [5.41, 5.74) is 0.707. The Balaban J connectivity index is 1.76. The smallest absolute Gasteiger partial charge is 0.321 e. The van der Waals surface area contributed by atoms with Gasteiger partial charge in [0.15, 0.2) is 6.61 Å². The van der Waals surface area contributed by atoms with E-state index in [4.69, 9.17) is 4.74 Å². The Kier molecular flexibility index (Phi) is 7.02. The molecule has 1 aromatic carbocycles. The van der Waals surface area contributed by atoms with Crippen LogP contribution in [0, 0.1) is 0 Å². The van der Waals surface area contributed by atoms with Gasteiger partial charge in [0.25, 0.3) is 5.91 Å². The van der Waals surface area contributed by atoms with Crippen molar-refractivity contribution in [3.8, 4) is 0 Å². The predicted molar refractivity (Wildman–Crippen MR) is 96.7 cm³/mol. The molecule has 0 saturated carbocycles. The third kappa shape index (κ3) is 5.76. The normalized spacial score (nSPS) is 16.7. The third-order valence-corrected chi connectivity index (χ3v) is 4.94. The number of carbonyl (C=O) groups is 4. The van der Waals surface area contributed by atoms with Crippen LogP contribution in [0.1, 0.15) is 26.7 Å². The van der Waals surface area contributed by atoms with Gasteiger partial charge in [0.05, 0.1) is 17.4 Å². The van der Waals surface area contributed by atoms with Gasteiger partial charge in [-0.05, 0) is 25.5 Å². The van der Waals surface area contributed by atoms with Crippen LogP contribution in [0.3, 0.4) is 0 Å². The van der Waals surface area contributed by atoms with Crippen LogP contribution < -0.4 is 16.0 Å². The number of anilines is 1. The summed E-state index contributed by atoms with van der Waals surface area (Å²) in [5, 5.41) is 6.74. The maximum Gasteiger partial charge on any atom is 0.321 e. The molecule has 9 heteroatoms. The highest BCUT2D eigenvalue weighted by atomic mass is 32.2. The minimum absolute atomic E-state index is 0.0740. The number of ether oxygens (including phenoxy) is 1. The first-order valence-corrected chi connectivity index (χ1v) is 9.09. The van der Waals surface area contributed by atoms with Crippen LogP contribution in [-0.2, 0) is 19.1 Å². The van der Waals surface area contributed by atoms with E-state index in [1.165, 1.54) is 11.8 Å². The number of amides is 4. The van der Waals surface area contributed by atoms with E-state index in [1.54, 1.807) is 13.0 Å². The zero-order valence-electron chi connectivity index (χ0n) is 14.5. The molecule has 2 rings (SSSR count). The third-order valence-electron chi connectivity index (χ3n) is 3.67. The van der Waals surface area contributed by atoms with Crippen molar-refractivity contribution in [1.82, 2.24) is 10.6 Å². The lowest BCUT2D eigenvalue weighted by molar-refractivity contribution is -0.148. The zero-order chi connectivity index (χ0) is 19.1. The zero-order valence-corrected chi connectivity index (χ0v) is 15.4. The molecule has 1 heterocycles. The van der Waals surface area contributed by atoms with Gasteiger partial charge in [-0.2, -0.15) is 0 Å². The lowest BCUT2D eigenvalue weighted by Gasteiger charge is -2.23. The summed E-state index contributed by atoms with van der Waals surface area (Å²) in [5.74, 6) is -1.71. The molecule has 3 N–H and O–H groups in total. The Bertz CT molecular complexity index is 709. The summed E-state index contributed by atoms with van der Waals surface area (Å²) < 4.78 is 4.85. The van der Waals surface area contributed by atoms with E-state index in [2.05, 4.69) is 16.0 Å². The second-order valence-electron chi connectivity index (χ2n) is 5.79. The molecule has 0 spiro atoms. The Hall–Kier alpha value is -2.55. The second kappa shape index (κ2) is 9.23. The maximum absolute atomic E-state index is 12.0. The summed E-state index contributed by atoms with van der Waals surface area (Å²) in [7, 11) is 0. The minimum Gasteiger partial charge on any atom is -0.456 e. The van der Waals surface area contributed by atoms with Gasteiger partial charge in [0.1, 0.15) is 0 Å². The van der Waals surface area contributed by atoms with E-state index in [1.807, 2.05) is 25.1 Å². The molecule has 26 heavy (non-hydrogen) atoms. The molecule has 2 atom stereocenters. The van der Waals surface area contributed by atoms with Crippen LogP contribution in [0.2, 0.25) is 0 Å². The molecule has 1 aromatic rings. The van der Waals surface area contributed by atoms with E-state index in [-0.39, 0.29) is 18.4 Å². The number of carbonyl (C=O) groups excluding carboxylic acids is 4. The molecule has 0 aromatic heterocycles. The van der Waals surface area contributed by atoms with Gasteiger partial charge in [-0.15, -0.1) is 11.8 Å². The van der Waals surface area contributed by atoms with Crippen LogP contribution in [0.5, 0.6) is 0 Å². The molecule has 0 bridgehead atoms. The van der Waals surface area contributed by atoms with Crippen molar-refractivity contribution in [3.63, 3.8) is 0 Å². The van der Waals surface area contributed by atoms with Crippen molar-refractivity contribution in [2.45, 2.75) is 42.9 Å². The first kappa shape index (κ1) is 19.8. The van der Waals surface area contributed by atoms with E-state index >= 15 is 0 Å². The number of urea groups is 1. The molecule has 0 aliphatic carbocycles. The fourth-order valence-corrected chi connectivity index (χ4v) is 3.20. The highest BCUT2D eigenvalue weighted by Crippen LogP contribution is 2.36. The molecule has 1 aliphatic rings. The molecule has 1 aliphatic heterocycles. The minimum atomic E-state index is -0.731. The highest BCUT2D eigenvalue weighted by molar-refractivity contribution is 8.01. The maximum atomic E-state index is 12.0. The number of hydrogen-bond acceptors (Lipinski definition) is 6. The largest absolute Gasteiger partial charge is 0.456 e. The molecule has 8 nitrogen and oxygen atoms in total. The molecular formula is C17H21N3O5S. The Labute approximate surface area is 155 Å².